The molecule has 3 aromatic rings. The summed E-state index contributed by atoms with van der Waals surface area (Å²) in [7, 11) is 0. The van der Waals surface area contributed by atoms with Gasteiger partial charge in [0, 0.05) is 18.9 Å². The van der Waals surface area contributed by atoms with Gasteiger partial charge in [-0.1, -0.05) is 31.0 Å². The molecule has 0 aliphatic rings. The van der Waals surface area contributed by atoms with Crippen LogP contribution in [0.5, 0.6) is 0 Å². The van der Waals surface area contributed by atoms with Crippen LogP contribution in [0, 0.1) is 11.6 Å². The lowest BCUT2D eigenvalue weighted by molar-refractivity contribution is 0.589. The number of benzene rings is 1. The smallest absolute Gasteiger partial charge is 0.181 e. The quantitative estimate of drug-likeness (QED) is 0.529. The van der Waals surface area contributed by atoms with Crippen molar-refractivity contribution in [1.29, 1.82) is 0 Å². The molecular weight excluding hydrogens is 334 g/mol. The lowest BCUT2D eigenvalue weighted by Crippen LogP contribution is -2.07. The fourth-order valence-corrected chi connectivity index (χ4v) is 2.76. The molecule has 124 valence electrons. The van der Waals surface area contributed by atoms with E-state index in [0.717, 1.165) is 12.8 Å². The van der Waals surface area contributed by atoms with Crippen molar-refractivity contribution in [2.45, 2.75) is 19.8 Å². The summed E-state index contributed by atoms with van der Waals surface area (Å²) in [5.41, 5.74) is 1.13. The molecule has 0 saturated carbocycles. The highest BCUT2D eigenvalue weighted by molar-refractivity contribution is 6.33. The van der Waals surface area contributed by atoms with Crippen molar-refractivity contribution in [2.24, 2.45) is 0 Å². The van der Waals surface area contributed by atoms with E-state index in [0.29, 0.717) is 23.4 Å². The fraction of sp³-hybridized carbons (Fsp3) is 0.235. The van der Waals surface area contributed by atoms with E-state index in [4.69, 9.17) is 11.6 Å². The van der Waals surface area contributed by atoms with Crippen LogP contribution in [0.1, 0.15) is 19.8 Å². The maximum atomic E-state index is 14.3. The molecule has 0 saturated heterocycles. The molecule has 4 nitrogen and oxygen atoms in total. The highest BCUT2D eigenvalue weighted by atomic mass is 35.5. The van der Waals surface area contributed by atoms with Gasteiger partial charge in [-0.2, -0.15) is 0 Å². The molecule has 0 atom stereocenters. The number of nitrogens with zero attached hydrogens (tertiary/aromatic N) is 3. The third-order valence-corrected chi connectivity index (χ3v) is 3.89. The van der Waals surface area contributed by atoms with Gasteiger partial charge in [0.15, 0.2) is 5.65 Å². The number of pyridine rings is 1. The topological polar surface area (TPSA) is 50.7 Å². The summed E-state index contributed by atoms with van der Waals surface area (Å²) in [4.78, 5) is 12.5. The Morgan fingerprint density at radius 2 is 1.79 bits per heavy atom. The molecule has 1 aromatic carbocycles. The van der Waals surface area contributed by atoms with Crippen molar-refractivity contribution in [3.05, 3.63) is 47.4 Å². The number of hydrogen-bond donors (Lipinski definition) is 1. The number of unbranched alkanes of at least 4 members (excludes halogenated alkanes) is 1. The molecule has 0 aliphatic carbocycles. The van der Waals surface area contributed by atoms with Gasteiger partial charge in [-0.25, -0.2) is 23.7 Å². The van der Waals surface area contributed by atoms with Gasteiger partial charge >= 0.3 is 0 Å². The van der Waals surface area contributed by atoms with Crippen molar-refractivity contribution < 1.29 is 8.78 Å². The van der Waals surface area contributed by atoms with E-state index in [9.17, 15) is 8.78 Å². The molecule has 0 aliphatic heterocycles. The largest absolute Gasteiger partial charge is 0.383 e. The molecule has 0 spiro atoms. The molecule has 24 heavy (non-hydrogen) atoms. The minimum atomic E-state index is -0.708. The summed E-state index contributed by atoms with van der Waals surface area (Å²) in [5.74, 6) is -1.42. The van der Waals surface area contributed by atoms with Crippen LogP contribution in [0.25, 0.3) is 22.3 Å². The lowest BCUT2D eigenvalue weighted by atomic mass is 10.0. The summed E-state index contributed by atoms with van der Waals surface area (Å²) in [6.45, 7) is 2.67. The molecule has 0 amide bonds. The molecule has 0 unspecified atom stereocenters. The predicted octanol–water partition coefficient (Wildman–Crippen LogP) is 4.84. The summed E-state index contributed by atoms with van der Waals surface area (Å²) in [6, 6.07) is 3.68. The maximum absolute atomic E-state index is 14.3. The van der Waals surface area contributed by atoms with Crippen LogP contribution < -0.4 is 5.32 Å². The van der Waals surface area contributed by atoms with E-state index in [2.05, 4.69) is 27.2 Å². The first-order valence-electron chi connectivity index (χ1n) is 7.62. The van der Waals surface area contributed by atoms with Gasteiger partial charge in [0.25, 0.3) is 0 Å². The van der Waals surface area contributed by atoms with Crippen molar-refractivity contribution in [3.8, 4) is 11.1 Å². The van der Waals surface area contributed by atoms with Crippen LogP contribution in [0.2, 0.25) is 5.15 Å². The van der Waals surface area contributed by atoms with Crippen LogP contribution in [-0.4, -0.2) is 21.5 Å². The number of halogens is 3. The average molecular weight is 349 g/mol. The molecule has 7 heteroatoms. The number of anilines is 1. The van der Waals surface area contributed by atoms with Crippen molar-refractivity contribution >= 4 is 28.5 Å². The van der Waals surface area contributed by atoms with Crippen molar-refractivity contribution in [2.75, 3.05) is 11.9 Å². The molecule has 0 radical (unpaired) electrons. The van der Waals surface area contributed by atoms with E-state index in [1.165, 1.54) is 30.6 Å². The number of aromatic nitrogens is 3. The normalized spacial score (nSPS) is 11.0. The first-order chi connectivity index (χ1) is 11.6. The van der Waals surface area contributed by atoms with Gasteiger partial charge in [-0.15, -0.1) is 0 Å². The first kappa shape index (κ1) is 16.5. The second-order valence-corrected chi connectivity index (χ2v) is 5.62. The van der Waals surface area contributed by atoms with E-state index in [1.54, 1.807) is 0 Å². The van der Waals surface area contributed by atoms with Crippen molar-refractivity contribution in [3.63, 3.8) is 0 Å². The Kier molecular flexibility index (Phi) is 4.85. The van der Waals surface area contributed by atoms with Gasteiger partial charge < -0.3 is 5.32 Å². The molecule has 2 heterocycles. The van der Waals surface area contributed by atoms with Gasteiger partial charge in [-0.3, -0.25) is 0 Å². The van der Waals surface area contributed by atoms with Crippen LogP contribution in [0.4, 0.5) is 14.5 Å². The monoisotopic (exact) mass is 348 g/mol. The number of rotatable bonds is 5. The summed E-state index contributed by atoms with van der Waals surface area (Å²) < 4.78 is 28.6. The Hall–Kier alpha value is -2.34. The zero-order valence-electron chi connectivity index (χ0n) is 13.0. The molecular formula is C17H15ClF2N4. The first-order valence-corrected chi connectivity index (χ1v) is 7.99. The van der Waals surface area contributed by atoms with E-state index in [-0.39, 0.29) is 16.3 Å². The third-order valence-electron chi connectivity index (χ3n) is 3.62. The second-order valence-electron chi connectivity index (χ2n) is 5.26. The van der Waals surface area contributed by atoms with Crippen molar-refractivity contribution in [1.82, 2.24) is 15.0 Å². The van der Waals surface area contributed by atoms with Crippen LogP contribution in [0.15, 0.2) is 30.6 Å². The SMILES string of the molecule is CCCCNc1c(-c2c(F)cccc2F)c(Cl)nc2nccnc12. The van der Waals surface area contributed by atoms with Crippen LogP contribution in [-0.2, 0) is 0 Å². The number of fused-ring (bicyclic) bond motifs is 1. The summed E-state index contributed by atoms with van der Waals surface area (Å²) in [6.07, 6.45) is 4.86. The minimum absolute atomic E-state index is 0.0222. The minimum Gasteiger partial charge on any atom is -0.383 e. The van der Waals surface area contributed by atoms with Gasteiger partial charge in [-0.05, 0) is 18.6 Å². The zero-order valence-corrected chi connectivity index (χ0v) is 13.7. The summed E-state index contributed by atoms with van der Waals surface area (Å²) >= 11 is 6.25. The molecule has 0 fully saturated rings. The Morgan fingerprint density at radius 3 is 2.50 bits per heavy atom. The Bertz CT molecular complexity index is 866. The Labute approximate surface area is 142 Å². The van der Waals surface area contributed by atoms with E-state index >= 15 is 0 Å². The molecule has 0 bridgehead atoms. The number of nitrogens with one attached hydrogen (secondary N) is 1. The maximum Gasteiger partial charge on any atom is 0.181 e. The molecule has 2 aromatic heterocycles. The fourth-order valence-electron chi connectivity index (χ4n) is 2.49. The van der Waals surface area contributed by atoms with E-state index < -0.39 is 11.6 Å². The lowest BCUT2D eigenvalue weighted by Gasteiger charge is -2.16. The number of hydrogen-bond acceptors (Lipinski definition) is 4. The predicted molar refractivity (Wildman–Crippen MR) is 91.1 cm³/mol. The average Bonchev–Trinajstić information content (AvgIpc) is 2.56. The highest BCUT2D eigenvalue weighted by Gasteiger charge is 2.22. The van der Waals surface area contributed by atoms with Gasteiger partial charge in [0.2, 0.25) is 0 Å². The van der Waals surface area contributed by atoms with Crippen LogP contribution >= 0.6 is 11.6 Å². The second kappa shape index (κ2) is 7.05. The van der Waals surface area contributed by atoms with Gasteiger partial charge in [0.1, 0.15) is 22.3 Å². The van der Waals surface area contributed by atoms with Gasteiger partial charge in [0.05, 0.1) is 16.8 Å². The van der Waals surface area contributed by atoms with Crippen LogP contribution in [0.3, 0.4) is 0 Å². The standard InChI is InChI=1S/C17H15ClF2N4/c1-2-3-7-21-14-13(12-10(19)5-4-6-11(12)20)16(18)24-17-15(14)22-8-9-23-17/h4-6,8-9H,2-3,7H2,1H3,(H,21,23,24). The highest BCUT2D eigenvalue weighted by Crippen LogP contribution is 2.40. The third kappa shape index (κ3) is 3.01. The summed E-state index contributed by atoms with van der Waals surface area (Å²) in [5, 5.41) is 3.17. The molecule has 3 rings (SSSR count). The zero-order chi connectivity index (χ0) is 17.1. The Balaban J connectivity index is 2.29. The Morgan fingerprint density at radius 1 is 1.08 bits per heavy atom. The van der Waals surface area contributed by atoms with E-state index in [1.807, 2.05) is 0 Å². The molecule has 1 N–H and O–H groups in total.